The number of benzene rings is 1. The van der Waals surface area contributed by atoms with E-state index in [1.807, 2.05) is 6.07 Å². The molecule has 118 valence electrons. The molecule has 0 aliphatic carbocycles. The van der Waals surface area contributed by atoms with Gasteiger partial charge < -0.3 is 9.52 Å². The smallest absolute Gasteiger partial charge is 0.198 e. The van der Waals surface area contributed by atoms with E-state index in [4.69, 9.17) is 4.42 Å². The lowest BCUT2D eigenvalue weighted by Gasteiger charge is -2.16. The largest absolute Gasteiger partial charge is 0.448 e. The molecule has 0 fully saturated rings. The highest BCUT2D eigenvalue weighted by molar-refractivity contribution is 5.56. The van der Waals surface area contributed by atoms with Crippen LogP contribution in [0.2, 0.25) is 0 Å². The van der Waals surface area contributed by atoms with Crippen molar-refractivity contribution in [2.75, 3.05) is 0 Å². The van der Waals surface area contributed by atoms with E-state index in [1.165, 1.54) is 12.1 Å². The third-order valence-corrected chi connectivity index (χ3v) is 3.51. The van der Waals surface area contributed by atoms with Gasteiger partial charge in [0.05, 0.1) is 5.69 Å². The average molecular weight is 312 g/mol. The Labute approximate surface area is 133 Å². The first-order chi connectivity index (χ1) is 10.9. The van der Waals surface area contributed by atoms with Gasteiger partial charge in [-0.3, -0.25) is 4.98 Å². The van der Waals surface area contributed by atoms with E-state index in [0.717, 1.165) is 11.1 Å². The molecule has 5 heteroatoms. The minimum absolute atomic E-state index is 0.264. The molecule has 0 radical (unpaired) electrons. The number of oxazole rings is 1. The van der Waals surface area contributed by atoms with Crippen LogP contribution in [0, 0.1) is 5.82 Å². The number of rotatable bonds is 4. The molecule has 0 atom stereocenters. The van der Waals surface area contributed by atoms with Crippen LogP contribution in [0.5, 0.6) is 0 Å². The highest BCUT2D eigenvalue weighted by Gasteiger charge is 2.17. The molecule has 0 aliphatic heterocycles. The molecule has 3 rings (SSSR count). The fourth-order valence-electron chi connectivity index (χ4n) is 2.21. The Morgan fingerprint density at radius 3 is 2.48 bits per heavy atom. The Kier molecular flexibility index (Phi) is 3.96. The van der Waals surface area contributed by atoms with E-state index in [9.17, 15) is 9.50 Å². The van der Waals surface area contributed by atoms with Gasteiger partial charge in [0.1, 0.15) is 23.4 Å². The molecule has 0 saturated carbocycles. The summed E-state index contributed by atoms with van der Waals surface area (Å²) in [4.78, 5) is 8.68. The number of aromatic nitrogens is 2. The molecular weight excluding hydrogens is 295 g/mol. The number of aliphatic hydroxyl groups is 1. The lowest BCUT2D eigenvalue weighted by atomic mass is 10.0. The van der Waals surface area contributed by atoms with Gasteiger partial charge in [-0.2, -0.15) is 0 Å². The number of nitrogens with zero attached hydrogens (tertiary/aromatic N) is 2. The molecule has 0 aliphatic rings. The second kappa shape index (κ2) is 5.93. The fraction of sp³-hybridized carbons (Fsp3) is 0.222. The van der Waals surface area contributed by atoms with Crippen molar-refractivity contribution < 1.29 is 13.9 Å². The lowest BCUT2D eigenvalue weighted by molar-refractivity contribution is 0.0739. The highest BCUT2D eigenvalue weighted by Crippen LogP contribution is 2.23. The van der Waals surface area contributed by atoms with E-state index >= 15 is 0 Å². The number of halogens is 1. The van der Waals surface area contributed by atoms with Crippen LogP contribution < -0.4 is 0 Å². The van der Waals surface area contributed by atoms with E-state index in [0.29, 0.717) is 23.7 Å². The average Bonchev–Trinajstić information content (AvgIpc) is 2.97. The summed E-state index contributed by atoms with van der Waals surface area (Å²) in [6.07, 6.45) is 3.72. The molecule has 0 unspecified atom stereocenters. The number of hydrogen-bond donors (Lipinski definition) is 1. The fourth-order valence-corrected chi connectivity index (χ4v) is 2.21. The third-order valence-electron chi connectivity index (χ3n) is 3.51. The van der Waals surface area contributed by atoms with Gasteiger partial charge in [0, 0.05) is 18.2 Å². The van der Waals surface area contributed by atoms with E-state index in [1.54, 1.807) is 44.5 Å². The van der Waals surface area contributed by atoms with Crippen LogP contribution in [-0.2, 0) is 12.0 Å². The Morgan fingerprint density at radius 2 is 1.87 bits per heavy atom. The minimum Gasteiger partial charge on any atom is -0.448 e. The number of hydrogen-bond acceptors (Lipinski definition) is 4. The Bertz CT molecular complexity index is 787. The van der Waals surface area contributed by atoms with Crippen LogP contribution in [0.25, 0.3) is 11.3 Å². The second-order valence-electron chi connectivity index (χ2n) is 5.92. The summed E-state index contributed by atoms with van der Waals surface area (Å²) < 4.78 is 18.4. The second-order valence-corrected chi connectivity index (χ2v) is 5.92. The van der Waals surface area contributed by atoms with E-state index in [-0.39, 0.29) is 5.82 Å². The molecular formula is C18H17FN2O2. The molecule has 0 bridgehead atoms. The molecule has 1 aromatic carbocycles. The molecule has 0 amide bonds. The Hall–Kier alpha value is -2.53. The van der Waals surface area contributed by atoms with Gasteiger partial charge in [-0.1, -0.05) is 12.1 Å². The summed E-state index contributed by atoms with van der Waals surface area (Å²) in [7, 11) is 0. The van der Waals surface area contributed by atoms with Gasteiger partial charge in [0.2, 0.25) is 0 Å². The summed E-state index contributed by atoms with van der Waals surface area (Å²) in [5.74, 6) is 0.290. The molecule has 1 N–H and O–H groups in total. The molecule has 2 heterocycles. The van der Waals surface area contributed by atoms with Crippen molar-refractivity contribution in [3.63, 3.8) is 0 Å². The summed E-state index contributed by atoms with van der Waals surface area (Å²) in [5, 5.41) is 9.91. The molecule has 0 saturated heterocycles. The van der Waals surface area contributed by atoms with Gasteiger partial charge in [-0.25, -0.2) is 9.37 Å². The normalized spacial score (nSPS) is 11.7. The van der Waals surface area contributed by atoms with Crippen molar-refractivity contribution >= 4 is 0 Å². The maximum Gasteiger partial charge on any atom is 0.198 e. The summed E-state index contributed by atoms with van der Waals surface area (Å²) in [6.45, 7) is 3.37. The van der Waals surface area contributed by atoms with Crippen molar-refractivity contribution in [3.8, 4) is 11.3 Å². The van der Waals surface area contributed by atoms with Crippen molar-refractivity contribution in [2.24, 2.45) is 0 Å². The van der Waals surface area contributed by atoms with Gasteiger partial charge in [-0.05, 0) is 43.7 Å². The predicted octanol–water partition coefficient (Wildman–Crippen LogP) is 3.69. The molecule has 4 nitrogen and oxygen atoms in total. The van der Waals surface area contributed by atoms with Crippen molar-refractivity contribution in [3.05, 3.63) is 71.8 Å². The van der Waals surface area contributed by atoms with Gasteiger partial charge in [0.15, 0.2) is 5.89 Å². The van der Waals surface area contributed by atoms with Crippen molar-refractivity contribution in [1.29, 1.82) is 0 Å². The molecule has 0 spiro atoms. The SMILES string of the molecule is CC(C)(O)c1ccc(-c2coc(Cc3ccc(F)cc3)n2)cn1. The zero-order chi connectivity index (χ0) is 16.4. The zero-order valence-corrected chi connectivity index (χ0v) is 13.0. The van der Waals surface area contributed by atoms with Crippen molar-refractivity contribution in [2.45, 2.75) is 25.9 Å². The topological polar surface area (TPSA) is 59.2 Å². The molecule has 2 aromatic heterocycles. The molecule has 3 aromatic rings. The van der Waals surface area contributed by atoms with E-state index in [2.05, 4.69) is 9.97 Å². The zero-order valence-electron chi connectivity index (χ0n) is 13.0. The summed E-state index contributed by atoms with van der Waals surface area (Å²) in [5.41, 5.74) is 2.03. The molecule has 23 heavy (non-hydrogen) atoms. The standard InChI is InChI=1S/C18H17FN2O2/c1-18(2,22)16-8-5-13(10-20-16)15-11-23-17(21-15)9-12-3-6-14(19)7-4-12/h3-8,10-11,22H,9H2,1-2H3. The Balaban J connectivity index is 1.77. The van der Waals surface area contributed by atoms with Crippen LogP contribution in [0.4, 0.5) is 4.39 Å². The third kappa shape index (κ3) is 3.63. The minimum atomic E-state index is -0.976. The van der Waals surface area contributed by atoms with Crippen LogP contribution in [0.1, 0.15) is 31.0 Å². The van der Waals surface area contributed by atoms with Crippen LogP contribution >= 0.6 is 0 Å². The van der Waals surface area contributed by atoms with Crippen LogP contribution in [-0.4, -0.2) is 15.1 Å². The van der Waals surface area contributed by atoms with E-state index < -0.39 is 5.60 Å². The Morgan fingerprint density at radius 1 is 1.13 bits per heavy atom. The van der Waals surface area contributed by atoms with Gasteiger partial charge in [0.25, 0.3) is 0 Å². The van der Waals surface area contributed by atoms with Gasteiger partial charge in [-0.15, -0.1) is 0 Å². The van der Waals surface area contributed by atoms with Crippen molar-refractivity contribution in [1.82, 2.24) is 9.97 Å². The monoisotopic (exact) mass is 312 g/mol. The summed E-state index contributed by atoms with van der Waals surface area (Å²) in [6, 6.07) is 9.86. The summed E-state index contributed by atoms with van der Waals surface area (Å²) >= 11 is 0. The van der Waals surface area contributed by atoms with Crippen LogP contribution in [0.3, 0.4) is 0 Å². The first kappa shape index (κ1) is 15.4. The van der Waals surface area contributed by atoms with Crippen LogP contribution in [0.15, 0.2) is 53.3 Å². The predicted molar refractivity (Wildman–Crippen MR) is 84.2 cm³/mol. The first-order valence-electron chi connectivity index (χ1n) is 7.30. The maximum atomic E-state index is 12.9. The quantitative estimate of drug-likeness (QED) is 0.798. The first-order valence-corrected chi connectivity index (χ1v) is 7.30. The number of pyridine rings is 1. The highest BCUT2D eigenvalue weighted by atomic mass is 19.1. The lowest BCUT2D eigenvalue weighted by Crippen LogP contribution is -2.17. The van der Waals surface area contributed by atoms with Gasteiger partial charge >= 0.3 is 0 Å². The maximum absolute atomic E-state index is 12.9.